The summed E-state index contributed by atoms with van der Waals surface area (Å²) in [5.41, 5.74) is 7.36. The molecule has 3 nitrogen and oxygen atoms in total. The van der Waals surface area contributed by atoms with E-state index in [1.807, 2.05) is 0 Å². The number of nitrogens with one attached hydrogen (secondary N) is 1. The smallest absolute Gasteiger partial charge is 0.0614 e. The van der Waals surface area contributed by atoms with Gasteiger partial charge in [-0.1, -0.05) is 23.2 Å². The largest absolute Gasteiger partial charge is 0.397 e. The molecular weight excluding hydrogens is 259 g/mol. The third-order valence-electron chi connectivity index (χ3n) is 3.01. The van der Waals surface area contributed by atoms with Gasteiger partial charge in [0.05, 0.1) is 21.4 Å². The molecule has 1 heterocycles. The van der Waals surface area contributed by atoms with Crippen LogP contribution in [-0.2, 0) is 4.74 Å². The second kappa shape index (κ2) is 5.80. The summed E-state index contributed by atoms with van der Waals surface area (Å²) in [5.74, 6) is 0.637. The van der Waals surface area contributed by atoms with E-state index >= 15 is 0 Å². The summed E-state index contributed by atoms with van der Waals surface area (Å²) in [6, 6.07) is 3.45. The summed E-state index contributed by atoms with van der Waals surface area (Å²) in [6.45, 7) is 2.60. The minimum absolute atomic E-state index is 0.487. The fourth-order valence-corrected chi connectivity index (χ4v) is 2.26. The number of ether oxygens (including phenoxy) is 1. The molecule has 0 saturated carbocycles. The predicted molar refractivity (Wildman–Crippen MR) is 72.9 cm³/mol. The van der Waals surface area contributed by atoms with Crippen LogP contribution >= 0.6 is 23.2 Å². The van der Waals surface area contributed by atoms with Crippen LogP contribution in [0, 0.1) is 5.92 Å². The molecule has 0 bridgehead atoms. The van der Waals surface area contributed by atoms with Gasteiger partial charge in [0.25, 0.3) is 0 Å². The first kappa shape index (κ1) is 12.8. The molecule has 0 amide bonds. The number of hydrogen-bond acceptors (Lipinski definition) is 3. The molecule has 0 radical (unpaired) electrons. The van der Waals surface area contributed by atoms with Gasteiger partial charge in [0, 0.05) is 19.8 Å². The average molecular weight is 275 g/mol. The van der Waals surface area contributed by atoms with Gasteiger partial charge in [-0.05, 0) is 30.9 Å². The van der Waals surface area contributed by atoms with Crippen molar-refractivity contribution >= 4 is 34.6 Å². The molecule has 1 aromatic rings. The third-order valence-corrected chi connectivity index (χ3v) is 3.74. The minimum Gasteiger partial charge on any atom is -0.397 e. The predicted octanol–water partition coefficient (Wildman–Crippen LogP) is 3.41. The highest BCUT2D eigenvalue weighted by Gasteiger charge is 2.14. The topological polar surface area (TPSA) is 47.3 Å². The Balaban J connectivity index is 1.96. The molecule has 3 N–H and O–H groups in total. The number of halogens is 2. The van der Waals surface area contributed by atoms with E-state index in [-0.39, 0.29) is 0 Å². The Kier molecular flexibility index (Phi) is 4.37. The number of nitrogen functional groups attached to an aromatic ring is 1. The molecule has 17 heavy (non-hydrogen) atoms. The van der Waals surface area contributed by atoms with Crippen LogP contribution in [0.2, 0.25) is 10.0 Å². The molecule has 1 aromatic carbocycles. The molecule has 2 rings (SSSR count). The summed E-state index contributed by atoms with van der Waals surface area (Å²) in [5, 5.41) is 4.34. The Labute approximate surface area is 111 Å². The first-order chi connectivity index (χ1) is 8.16. The number of benzene rings is 1. The van der Waals surface area contributed by atoms with Gasteiger partial charge < -0.3 is 15.8 Å². The van der Waals surface area contributed by atoms with Crippen molar-refractivity contribution in [2.24, 2.45) is 5.92 Å². The zero-order valence-corrected chi connectivity index (χ0v) is 11.0. The maximum Gasteiger partial charge on any atom is 0.0614 e. The van der Waals surface area contributed by atoms with Crippen molar-refractivity contribution in [2.75, 3.05) is 30.8 Å². The summed E-state index contributed by atoms with van der Waals surface area (Å²) in [7, 11) is 0. The van der Waals surface area contributed by atoms with Crippen molar-refractivity contribution in [3.05, 3.63) is 22.2 Å². The average Bonchev–Trinajstić information content (AvgIpc) is 2.33. The molecule has 5 heteroatoms. The van der Waals surface area contributed by atoms with Gasteiger partial charge in [-0.3, -0.25) is 0 Å². The molecule has 0 atom stereocenters. The Morgan fingerprint density at radius 1 is 1.24 bits per heavy atom. The van der Waals surface area contributed by atoms with Crippen LogP contribution in [0.5, 0.6) is 0 Å². The van der Waals surface area contributed by atoms with Gasteiger partial charge in [-0.2, -0.15) is 0 Å². The van der Waals surface area contributed by atoms with Crippen molar-refractivity contribution in [2.45, 2.75) is 12.8 Å². The van der Waals surface area contributed by atoms with Crippen molar-refractivity contribution in [3.63, 3.8) is 0 Å². The van der Waals surface area contributed by atoms with E-state index in [9.17, 15) is 0 Å². The van der Waals surface area contributed by atoms with E-state index in [4.69, 9.17) is 33.7 Å². The van der Waals surface area contributed by atoms with Gasteiger partial charge in [-0.25, -0.2) is 0 Å². The Morgan fingerprint density at radius 2 is 1.88 bits per heavy atom. The molecular formula is C12H16Cl2N2O. The van der Waals surface area contributed by atoms with Gasteiger partial charge >= 0.3 is 0 Å². The van der Waals surface area contributed by atoms with Crippen LogP contribution < -0.4 is 11.1 Å². The van der Waals surface area contributed by atoms with Crippen molar-refractivity contribution in [1.29, 1.82) is 0 Å². The quantitative estimate of drug-likeness (QED) is 0.831. The van der Waals surface area contributed by atoms with Gasteiger partial charge in [-0.15, -0.1) is 0 Å². The van der Waals surface area contributed by atoms with Gasteiger partial charge in [0.2, 0.25) is 0 Å². The first-order valence-electron chi connectivity index (χ1n) is 5.73. The van der Waals surface area contributed by atoms with E-state index in [1.165, 1.54) is 0 Å². The summed E-state index contributed by atoms with van der Waals surface area (Å²) in [4.78, 5) is 0. The first-order valence-corrected chi connectivity index (χ1v) is 6.48. The van der Waals surface area contributed by atoms with Crippen molar-refractivity contribution in [1.82, 2.24) is 0 Å². The standard InChI is InChI=1S/C12H16Cl2N2O/c13-9-5-11(15)12(6-10(9)14)16-7-8-1-3-17-4-2-8/h5-6,8,16H,1-4,7,15H2. The van der Waals surface area contributed by atoms with Crippen LogP contribution in [0.15, 0.2) is 12.1 Å². The zero-order valence-electron chi connectivity index (χ0n) is 9.51. The molecule has 0 aliphatic carbocycles. The maximum absolute atomic E-state index is 5.96. The Bertz CT molecular complexity index is 392. The molecule has 0 unspecified atom stereocenters. The molecule has 1 saturated heterocycles. The lowest BCUT2D eigenvalue weighted by Crippen LogP contribution is -2.22. The SMILES string of the molecule is Nc1cc(Cl)c(Cl)cc1NCC1CCOCC1. The molecule has 1 fully saturated rings. The number of hydrogen-bond donors (Lipinski definition) is 2. The van der Waals surface area contributed by atoms with Crippen molar-refractivity contribution < 1.29 is 4.74 Å². The second-order valence-electron chi connectivity index (χ2n) is 4.29. The molecule has 0 aromatic heterocycles. The number of anilines is 2. The third kappa shape index (κ3) is 3.41. The van der Waals surface area contributed by atoms with Crippen LogP contribution in [0.1, 0.15) is 12.8 Å². The van der Waals surface area contributed by atoms with E-state index < -0.39 is 0 Å². The Hall–Kier alpha value is -0.640. The van der Waals surface area contributed by atoms with Crippen LogP contribution in [-0.4, -0.2) is 19.8 Å². The lowest BCUT2D eigenvalue weighted by molar-refractivity contribution is 0.0699. The lowest BCUT2D eigenvalue weighted by Gasteiger charge is -2.23. The zero-order chi connectivity index (χ0) is 12.3. The highest BCUT2D eigenvalue weighted by molar-refractivity contribution is 6.42. The highest BCUT2D eigenvalue weighted by Crippen LogP contribution is 2.31. The van der Waals surface area contributed by atoms with Crippen LogP contribution in [0.25, 0.3) is 0 Å². The lowest BCUT2D eigenvalue weighted by atomic mass is 10.0. The van der Waals surface area contributed by atoms with Crippen LogP contribution in [0.4, 0.5) is 11.4 Å². The summed E-state index contributed by atoms with van der Waals surface area (Å²) >= 11 is 11.8. The molecule has 1 aliphatic rings. The summed E-state index contributed by atoms with van der Waals surface area (Å²) in [6.07, 6.45) is 2.18. The normalized spacial score (nSPS) is 17.1. The summed E-state index contributed by atoms with van der Waals surface area (Å²) < 4.78 is 5.32. The van der Waals surface area contributed by atoms with Crippen molar-refractivity contribution in [3.8, 4) is 0 Å². The maximum atomic E-state index is 5.96. The monoisotopic (exact) mass is 274 g/mol. The van der Waals surface area contributed by atoms with E-state index in [0.29, 0.717) is 21.7 Å². The second-order valence-corrected chi connectivity index (χ2v) is 5.10. The van der Waals surface area contributed by atoms with E-state index in [0.717, 1.165) is 38.3 Å². The van der Waals surface area contributed by atoms with E-state index in [2.05, 4.69) is 5.32 Å². The fraction of sp³-hybridized carbons (Fsp3) is 0.500. The highest BCUT2D eigenvalue weighted by atomic mass is 35.5. The molecule has 0 spiro atoms. The number of nitrogens with two attached hydrogens (primary N) is 1. The van der Waals surface area contributed by atoms with E-state index in [1.54, 1.807) is 12.1 Å². The minimum atomic E-state index is 0.487. The fourth-order valence-electron chi connectivity index (χ4n) is 1.92. The van der Waals surface area contributed by atoms with Crippen LogP contribution in [0.3, 0.4) is 0 Å². The molecule has 1 aliphatic heterocycles. The molecule has 94 valence electrons. The van der Waals surface area contributed by atoms with Gasteiger partial charge in [0.15, 0.2) is 0 Å². The van der Waals surface area contributed by atoms with Gasteiger partial charge in [0.1, 0.15) is 0 Å². The Morgan fingerprint density at radius 3 is 2.59 bits per heavy atom. The number of rotatable bonds is 3.